The van der Waals surface area contributed by atoms with Gasteiger partial charge in [0.1, 0.15) is 5.78 Å². The van der Waals surface area contributed by atoms with Gasteiger partial charge < -0.3 is 0 Å². The monoisotopic (exact) mass is 266 g/mol. The smallest absolute Gasteiger partial charge is 0.133 e. The third-order valence-corrected chi connectivity index (χ3v) is 4.10. The van der Waals surface area contributed by atoms with Gasteiger partial charge in [0, 0.05) is 12.8 Å². The predicted octanol–water partition coefficient (Wildman–Crippen LogP) is 5.46. The fourth-order valence-electron chi connectivity index (χ4n) is 2.44. The van der Waals surface area contributed by atoms with Gasteiger partial charge in [-0.1, -0.05) is 57.6 Å². The lowest BCUT2D eigenvalue weighted by Gasteiger charge is -2.06. The Balaban J connectivity index is 0.000000269. The van der Waals surface area contributed by atoms with E-state index in [9.17, 15) is 4.79 Å². The molecule has 102 valence electrons. The van der Waals surface area contributed by atoms with Gasteiger partial charge in [-0.05, 0) is 23.1 Å². The Morgan fingerprint density at radius 1 is 1.17 bits per heavy atom. The molecule has 2 heteroatoms. The van der Waals surface area contributed by atoms with Crippen LogP contribution in [0.4, 0.5) is 0 Å². The molecule has 0 unspecified atom stereocenters. The number of rotatable bonds is 6. The lowest BCUT2D eigenvalue weighted by molar-refractivity contribution is -0.120. The molecule has 1 fully saturated rings. The highest BCUT2D eigenvalue weighted by molar-refractivity contribution is 7.07. The Morgan fingerprint density at radius 2 is 1.83 bits per heavy atom. The lowest BCUT2D eigenvalue weighted by Crippen LogP contribution is -2.04. The third kappa shape index (κ3) is 7.65. The molecular weight excluding hydrogens is 240 g/mol. The van der Waals surface area contributed by atoms with E-state index in [1.165, 1.54) is 38.5 Å². The van der Waals surface area contributed by atoms with Crippen molar-refractivity contribution in [1.82, 2.24) is 0 Å². The van der Waals surface area contributed by atoms with Gasteiger partial charge >= 0.3 is 0 Å². The van der Waals surface area contributed by atoms with Crippen molar-refractivity contribution in [2.24, 2.45) is 5.92 Å². The highest BCUT2D eigenvalue weighted by atomic mass is 32.1. The van der Waals surface area contributed by atoms with Crippen LogP contribution >= 0.6 is 11.3 Å². The van der Waals surface area contributed by atoms with Crippen LogP contribution in [0.2, 0.25) is 0 Å². The van der Waals surface area contributed by atoms with Crippen molar-refractivity contribution in [2.45, 2.75) is 64.7 Å². The molecule has 0 aliphatic heterocycles. The first-order valence-electron chi connectivity index (χ1n) is 7.31. The molecule has 1 aromatic rings. The summed E-state index contributed by atoms with van der Waals surface area (Å²) in [6.45, 7) is 2.18. The molecule has 0 aromatic carbocycles. The van der Waals surface area contributed by atoms with Crippen molar-refractivity contribution in [3.05, 3.63) is 22.9 Å². The van der Waals surface area contributed by atoms with E-state index in [-0.39, 0.29) is 0 Å². The van der Waals surface area contributed by atoms with E-state index >= 15 is 0 Å². The molecular formula is C16H26OS. The van der Waals surface area contributed by atoms with E-state index in [0.29, 0.717) is 5.78 Å². The molecule has 18 heavy (non-hydrogen) atoms. The van der Waals surface area contributed by atoms with Crippen LogP contribution in [-0.4, -0.2) is 5.78 Å². The maximum absolute atomic E-state index is 11.5. The van der Waals surface area contributed by atoms with Gasteiger partial charge in [-0.25, -0.2) is 0 Å². The largest absolute Gasteiger partial charge is 0.300 e. The molecule has 0 bridgehead atoms. The van der Waals surface area contributed by atoms with Crippen LogP contribution in [0.1, 0.15) is 64.7 Å². The number of carbonyl (C=O) groups excluding carboxylic acids is 1. The summed E-state index contributed by atoms with van der Waals surface area (Å²) in [7, 11) is 0. The summed E-state index contributed by atoms with van der Waals surface area (Å²) in [6.07, 6.45) is 10.6. The molecule has 1 nitrogen and oxygen atoms in total. The maximum atomic E-state index is 11.5. The first-order chi connectivity index (χ1) is 8.83. The fourth-order valence-corrected chi connectivity index (χ4v) is 2.89. The van der Waals surface area contributed by atoms with Crippen LogP contribution in [-0.2, 0) is 4.79 Å². The second-order valence-corrected chi connectivity index (χ2v) is 5.96. The van der Waals surface area contributed by atoms with Gasteiger partial charge in [-0.3, -0.25) is 4.79 Å². The van der Waals surface area contributed by atoms with Gasteiger partial charge in [0.25, 0.3) is 0 Å². The molecule has 0 spiro atoms. The van der Waals surface area contributed by atoms with Crippen LogP contribution in [0.5, 0.6) is 0 Å². The Labute approximate surface area is 116 Å². The fraction of sp³-hybridized carbons (Fsp3) is 0.688. The minimum atomic E-state index is 0.514. The number of thiophene rings is 1. The first kappa shape index (κ1) is 15.4. The topological polar surface area (TPSA) is 17.1 Å². The summed E-state index contributed by atoms with van der Waals surface area (Å²) in [6, 6.07) is 4.04. The number of carbonyl (C=O) groups is 1. The average Bonchev–Trinajstić information content (AvgIpc) is 3.04. The molecule has 1 saturated carbocycles. The summed E-state index contributed by atoms with van der Waals surface area (Å²) in [5.74, 6) is 1.26. The summed E-state index contributed by atoms with van der Waals surface area (Å²) in [5.41, 5.74) is 0. The van der Waals surface area contributed by atoms with Crippen LogP contribution < -0.4 is 0 Å². The van der Waals surface area contributed by atoms with Crippen molar-refractivity contribution in [1.29, 1.82) is 0 Å². The average molecular weight is 266 g/mol. The van der Waals surface area contributed by atoms with Crippen LogP contribution in [0.25, 0.3) is 0 Å². The molecule has 0 radical (unpaired) electrons. The van der Waals surface area contributed by atoms with Crippen LogP contribution in [0.3, 0.4) is 0 Å². The highest BCUT2D eigenvalue weighted by Gasteiger charge is 2.17. The zero-order chi connectivity index (χ0) is 13.1. The summed E-state index contributed by atoms with van der Waals surface area (Å²) >= 11 is 1.71. The van der Waals surface area contributed by atoms with Gasteiger partial charge in [0.15, 0.2) is 0 Å². The van der Waals surface area contributed by atoms with E-state index in [0.717, 1.165) is 25.2 Å². The van der Waals surface area contributed by atoms with E-state index in [1.54, 1.807) is 11.3 Å². The first-order valence-corrected chi connectivity index (χ1v) is 8.26. The van der Waals surface area contributed by atoms with Crippen LogP contribution in [0.15, 0.2) is 22.9 Å². The van der Waals surface area contributed by atoms with Gasteiger partial charge in [-0.15, -0.1) is 0 Å². The van der Waals surface area contributed by atoms with Crippen molar-refractivity contribution >= 4 is 17.1 Å². The molecule has 0 amide bonds. The molecule has 0 N–H and O–H groups in total. The molecule has 2 rings (SSSR count). The SMILES string of the molecule is CCCCCC(=O)CC1CCCC1.c1ccsc1. The Hall–Kier alpha value is -0.630. The zero-order valence-corrected chi connectivity index (χ0v) is 12.4. The van der Waals surface area contributed by atoms with E-state index in [1.807, 2.05) is 22.9 Å². The normalized spacial score (nSPS) is 15.2. The standard InChI is InChI=1S/C12H22O.C4H4S/c1-2-3-4-9-12(13)10-11-7-5-6-8-11;1-2-4-5-3-1/h11H,2-10H2,1H3;1-4H. The molecule has 1 heterocycles. The summed E-state index contributed by atoms with van der Waals surface area (Å²) < 4.78 is 0. The second-order valence-electron chi connectivity index (χ2n) is 5.14. The molecule has 0 atom stereocenters. The lowest BCUT2D eigenvalue weighted by atomic mass is 9.98. The zero-order valence-electron chi connectivity index (χ0n) is 11.6. The van der Waals surface area contributed by atoms with Gasteiger partial charge in [0.05, 0.1) is 0 Å². The van der Waals surface area contributed by atoms with Crippen molar-refractivity contribution in [3.8, 4) is 0 Å². The maximum Gasteiger partial charge on any atom is 0.133 e. The van der Waals surface area contributed by atoms with E-state index in [2.05, 4.69) is 6.92 Å². The number of Topliss-reactive ketones (excluding diaryl/α,β-unsaturated/α-hetero) is 1. The number of hydrogen-bond donors (Lipinski definition) is 0. The van der Waals surface area contributed by atoms with Crippen LogP contribution in [0, 0.1) is 5.92 Å². The molecule has 0 saturated heterocycles. The van der Waals surface area contributed by atoms with E-state index in [4.69, 9.17) is 0 Å². The quantitative estimate of drug-likeness (QED) is 0.624. The van der Waals surface area contributed by atoms with Crippen molar-refractivity contribution in [2.75, 3.05) is 0 Å². The third-order valence-electron chi connectivity index (χ3n) is 3.48. The number of unbranched alkanes of at least 4 members (excludes halogenated alkanes) is 2. The Morgan fingerprint density at radius 3 is 2.33 bits per heavy atom. The second kappa shape index (κ2) is 10.3. The molecule has 1 aliphatic rings. The number of ketones is 1. The minimum absolute atomic E-state index is 0.514. The highest BCUT2D eigenvalue weighted by Crippen LogP contribution is 2.28. The van der Waals surface area contributed by atoms with Gasteiger partial charge in [0.2, 0.25) is 0 Å². The summed E-state index contributed by atoms with van der Waals surface area (Å²) in [4.78, 5) is 11.5. The van der Waals surface area contributed by atoms with Gasteiger partial charge in [-0.2, -0.15) is 11.3 Å². The minimum Gasteiger partial charge on any atom is -0.300 e. The molecule has 1 aliphatic carbocycles. The Bertz CT molecular complexity index is 269. The summed E-state index contributed by atoms with van der Waals surface area (Å²) in [5, 5.41) is 4.08. The molecule has 1 aromatic heterocycles. The predicted molar refractivity (Wildman–Crippen MR) is 80.0 cm³/mol. The van der Waals surface area contributed by atoms with Crippen molar-refractivity contribution in [3.63, 3.8) is 0 Å². The Kier molecular flexibility index (Phi) is 8.83. The van der Waals surface area contributed by atoms with Crippen molar-refractivity contribution < 1.29 is 4.79 Å². The number of hydrogen-bond acceptors (Lipinski definition) is 2. The van der Waals surface area contributed by atoms with E-state index < -0.39 is 0 Å².